The number of hydrogen-bond acceptors (Lipinski definition) is 2. The highest BCUT2D eigenvalue weighted by Gasteiger charge is 2.04. The van der Waals surface area contributed by atoms with Gasteiger partial charge < -0.3 is 9.84 Å². The topological polar surface area (TPSA) is 29.5 Å². The molecule has 1 rings (SSSR count). The lowest BCUT2D eigenvalue weighted by molar-refractivity contribution is -0.0242. The number of rotatable bonds is 6. The molecule has 0 aliphatic rings. The summed E-state index contributed by atoms with van der Waals surface area (Å²) in [5, 5.41) is 9.57. The van der Waals surface area contributed by atoms with Crippen LogP contribution in [0.1, 0.15) is 24.8 Å². The van der Waals surface area contributed by atoms with Gasteiger partial charge >= 0.3 is 0 Å². The number of aryl methyl sites for hydroxylation is 1. The zero-order valence-electron chi connectivity index (χ0n) is 8.95. The van der Waals surface area contributed by atoms with Gasteiger partial charge in [-0.15, -0.1) is 0 Å². The molecule has 0 aliphatic heterocycles. The Bertz CT molecular complexity index is 271. The molecule has 0 aromatic heterocycles. The van der Waals surface area contributed by atoms with Gasteiger partial charge in [0.25, 0.3) is 0 Å². The van der Waals surface area contributed by atoms with E-state index in [2.05, 4.69) is 22.6 Å². The van der Waals surface area contributed by atoms with Gasteiger partial charge in [-0.1, -0.05) is 40.3 Å². The van der Waals surface area contributed by atoms with Crippen molar-refractivity contribution < 1.29 is 9.84 Å². The molecule has 0 aliphatic carbocycles. The van der Waals surface area contributed by atoms with Crippen LogP contribution in [0.2, 0.25) is 0 Å². The van der Waals surface area contributed by atoms with Crippen LogP contribution in [0.25, 0.3) is 0 Å². The third-order valence-electron chi connectivity index (χ3n) is 2.13. The number of unbranched alkanes of at least 4 members (excludes halogenated alkanes) is 1. The molecule has 0 saturated heterocycles. The van der Waals surface area contributed by atoms with E-state index in [1.807, 2.05) is 31.2 Å². The van der Waals surface area contributed by atoms with Gasteiger partial charge in [0.2, 0.25) is 0 Å². The molecular weight excluding hydrogens is 303 g/mol. The molecule has 84 valence electrons. The van der Waals surface area contributed by atoms with Crippen LogP contribution in [-0.4, -0.2) is 15.8 Å². The number of alkyl halides is 1. The second kappa shape index (κ2) is 7.06. The molecular formula is C12H17IO2. The van der Waals surface area contributed by atoms with Crippen LogP contribution in [0, 0.1) is 6.92 Å². The maximum atomic E-state index is 9.57. The fourth-order valence-corrected chi connectivity index (χ4v) is 1.79. The Morgan fingerprint density at radius 2 is 1.93 bits per heavy atom. The summed E-state index contributed by atoms with van der Waals surface area (Å²) >= 11 is 2.34. The zero-order chi connectivity index (χ0) is 11.1. The average Bonchev–Trinajstić information content (AvgIpc) is 2.22. The number of hydrogen-bond donors (Lipinski definition) is 1. The Morgan fingerprint density at radius 3 is 2.53 bits per heavy atom. The molecule has 0 amide bonds. The molecule has 3 heteroatoms. The molecule has 1 aromatic rings. The molecule has 1 atom stereocenters. The summed E-state index contributed by atoms with van der Waals surface area (Å²) in [5.74, 6) is 0.738. The molecule has 0 radical (unpaired) electrons. The van der Waals surface area contributed by atoms with Crippen molar-refractivity contribution in [3.63, 3.8) is 0 Å². The van der Waals surface area contributed by atoms with Crippen LogP contribution in [0.5, 0.6) is 5.75 Å². The highest BCUT2D eigenvalue weighted by atomic mass is 127. The normalized spacial score (nSPS) is 12.5. The maximum absolute atomic E-state index is 9.57. The lowest BCUT2D eigenvalue weighted by Crippen LogP contribution is -2.15. The van der Waals surface area contributed by atoms with Gasteiger partial charge in [0.15, 0.2) is 6.29 Å². The first-order chi connectivity index (χ1) is 7.22. The Labute approximate surface area is 105 Å². The summed E-state index contributed by atoms with van der Waals surface area (Å²) in [4.78, 5) is 0. The summed E-state index contributed by atoms with van der Waals surface area (Å²) in [7, 11) is 0. The van der Waals surface area contributed by atoms with E-state index in [4.69, 9.17) is 4.74 Å². The highest BCUT2D eigenvalue weighted by Crippen LogP contribution is 2.14. The van der Waals surface area contributed by atoms with Gasteiger partial charge in [-0.3, -0.25) is 0 Å². The van der Waals surface area contributed by atoms with E-state index in [0.717, 1.165) is 23.0 Å². The summed E-state index contributed by atoms with van der Waals surface area (Å²) in [6, 6.07) is 7.73. The van der Waals surface area contributed by atoms with E-state index in [9.17, 15) is 5.11 Å². The van der Waals surface area contributed by atoms with E-state index in [1.165, 1.54) is 5.56 Å². The molecule has 0 heterocycles. The van der Waals surface area contributed by atoms with E-state index in [1.54, 1.807) is 0 Å². The second-order valence-corrected chi connectivity index (χ2v) is 4.65. The first-order valence-electron chi connectivity index (χ1n) is 5.19. The minimum atomic E-state index is -0.671. The molecule has 0 bridgehead atoms. The molecule has 0 fully saturated rings. The molecule has 15 heavy (non-hydrogen) atoms. The van der Waals surface area contributed by atoms with Gasteiger partial charge in [-0.25, -0.2) is 0 Å². The van der Waals surface area contributed by atoms with E-state index in [-0.39, 0.29) is 0 Å². The van der Waals surface area contributed by atoms with Crippen LogP contribution < -0.4 is 4.74 Å². The predicted octanol–water partition coefficient (Wildman–Crippen LogP) is 3.30. The minimum absolute atomic E-state index is 0.671. The summed E-state index contributed by atoms with van der Waals surface area (Å²) in [5.41, 5.74) is 1.20. The zero-order valence-corrected chi connectivity index (χ0v) is 11.1. The van der Waals surface area contributed by atoms with Crippen molar-refractivity contribution in [1.82, 2.24) is 0 Å². The van der Waals surface area contributed by atoms with Crippen molar-refractivity contribution in [2.75, 3.05) is 4.43 Å². The fourth-order valence-electron chi connectivity index (χ4n) is 1.25. The van der Waals surface area contributed by atoms with Crippen LogP contribution in [0.4, 0.5) is 0 Å². The number of benzene rings is 1. The smallest absolute Gasteiger partial charge is 0.197 e. The first kappa shape index (κ1) is 12.8. The van der Waals surface area contributed by atoms with Gasteiger partial charge in [0.05, 0.1) is 0 Å². The molecule has 0 spiro atoms. The Balaban J connectivity index is 2.31. The molecule has 1 N–H and O–H groups in total. The standard InChI is InChI=1S/C12H17IO2/c1-10-5-7-11(8-6-10)15-12(14)4-2-3-9-13/h5-8,12,14H,2-4,9H2,1H3. The number of halogens is 1. The Kier molecular flexibility index (Phi) is 6.02. The largest absolute Gasteiger partial charge is 0.465 e. The lowest BCUT2D eigenvalue weighted by Gasteiger charge is -2.13. The van der Waals surface area contributed by atoms with Crippen LogP contribution in [-0.2, 0) is 0 Å². The van der Waals surface area contributed by atoms with Crippen molar-refractivity contribution in [2.45, 2.75) is 32.5 Å². The first-order valence-corrected chi connectivity index (χ1v) is 6.72. The van der Waals surface area contributed by atoms with Crippen LogP contribution in [0.15, 0.2) is 24.3 Å². The quantitative estimate of drug-likeness (QED) is 0.377. The third kappa shape index (κ3) is 5.37. The van der Waals surface area contributed by atoms with Crippen molar-refractivity contribution in [2.24, 2.45) is 0 Å². The predicted molar refractivity (Wildman–Crippen MR) is 70.6 cm³/mol. The van der Waals surface area contributed by atoms with E-state index < -0.39 is 6.29 Å². The van der Waals surface area contributed by atoms with Gasteiger partial charge in [0.1, 0.15) is 5.75 Å². The maximum Gasteiger partial charge on any atom is 0.197 e. The van der Waals surface area contributed by atoms with Crippen LogP contribution in [0.3, 0.4) is 0 Å². The SMILES string of the molecule is Cc1ccc(OC(O)CCCCI)cc1. The van der Waals surface area contributed by atoms with Gasteiger partial charge in [0, 0.05) is 6.42 Å². The fraction of sp³-hybridized carbons (Fsp3) is 0.500. The summed E-state index contributed by atoms with van der Waals surface area (Å²) < 4.78 is 6.50. The number of aliphatic hydroxyl groups is 1. The van der Waals surface area contributed by atoms with Gasteiger partial charge in [-0.2, -0.15) is 0 Å². The van der Waals surface area contributed by atoms with Crippen molar-refractivity contribution >= 4 is 22.6 Å². The van der Waals surface area contributed by atoms with E-state index >= 15 is 0 Å². The van der Waals surface area contributed by atoms with Crippen molar-refractivity contribution in [1.29, 1.82) is 0 Å². The molecule has 2 nitrogen and oxygen atoms in total. The average molecular weight is 320 g/mol. The minimum Gasteiger partial charge on any atom is -0.465 e. The summed E-state index contributed by atoms with van der Waals surface area (Å²) in [6.45, 7) is 2.03. The molecule has 1 aromatic carbocycles. The molecule has 0 saturated carbocycles. The second-order valence-electron chi connectivity index (χ2n) is 3.57. The van der Waals surface area contributed by atoms with E-state index in [0.29, 0.717) is 6.42 Å². The van der Waals surface area contributed by atoms with Crippen LogP contribution >= 0.6 is 22.6 Å². The summed E-state index contributed by atoms with van der Waals surface area (Å²) in [6.07, 6.45) is 2.18. The molecule has 1 unspecified atom stereocenters. The third-order valence-corrected chi connectivity index (χ3v) is 2.89. The monoisotopic (exact) mass is 320 g/mol. The van der Waals surface area contributed by atoms with Crippen molar-refractivity contribution in [3.8, 4) is 5.75 Å². The number of ether oxygens (including phenoxy) is 1. The van der Waals surface area contributed by atoms with Gasteiger partial charge in [-0.05, 0) is 36.3 Å². The highest BCUT2D eigenvalue weighted by molar-refractivity contribution is 14.1. The lowest BCUT2D eigenvalue weighted by atomic mass is 10.2. The number of aliphatic hydroxyl groups excluding tert-OH is 1. The Hall–Kier alpha value is -0.290. The van der Waals surface area contributed by atoms with Crippen molar-refractivity contribution in [3.05, 3.63) is 29.8 Å². The Morgan fingerprint density at radius 1 is 1.27 bits per heavy atom.